The van der Waals surface area contributed by atoms with Crippen molar-refractivity contribution < 1.29 is 14.3 Å². The van der Waals surface area contributed by atoms with Gasteiger partial charge in [0.15, 0.2) is 0 Å². The van der Waals surface area contributed by atoms with Gasteiger partial charge in [-0.1, -0.05) is 0 Å². The maximum atomic E-state index is 12.1. The van der Waals surface area contributed by atoms with E-state index >= 15 is 0 Å². The van der Waals surface area contributed by atoms with Crippen LogP contribution in [0.15, 0.2) is 23.0 Å². The van der Waals surface area contributed by atoms with Crippen molar-refractivity contribution in [2.45, 2.75) is 6.42 Å². The number of hydrogen-bond acceptors (Lipinski definition) is 5. The summed E-state index contributed by atoms with van der Waals surface area (Å²) < 4.78 is 5.27. The largest absolute Gasteiger partial charge is 0.462 e. The van der Waals surface area contributed by atoms with Gasteiger partial charge in [0, 0.05) is 29.8 Å². The fourth-order valence-electron chi connectivity index (χ4n) is 2.12. The number of ether oxygens (including phenoxy) is 1. The minimum absolute atomic E-state index is 0.00771. The summed E-state index contributed by atoms with van der Waals surface area (Å²) in [6.45, 7) is 0.806. The number of amides is 1. The number of esters is 1. The molecule has 3 rings (SSSR count). The van der Waals surface area contributed by atoms with Gasteiger partial charge in [-0.15, -0.1) is 0 Å². The molecule has 104 valence electrons. The molecule has 1 saturated heterocycles. The second kappa shape index (κ2) is 5.46. The van der Waals surface area contributed by atoms with E-state index in [1.165, 1.54) is 6.20 Å². The Hall–Kier alpha value is -2.15. The third-order valence-electron chi connectivity index (χ3n) is 3.18. The second-order valence-electron chi connectivity index (χ2n) is 4.64. The highest BCUT2D eigenvalue weighted by Gasteiger charge is 2.24. The highest BCUT2D eigenvalue weighted by atomic mass is 32.1. The number of aromatic amines is 1. The highest BCUT2D eigenvalue weighted by Crippen LogP contribution is 2.24. The number of H-pyrrole nitrogens is 1. The molecule has 0 bridgehead atoms. The van der Waals surface area contributed by atoms with Crippen LogP contribution in [0, 0.1) is 5.92 Å². The third-order valence-corrected chi connectivity index (χ3v) is 3.86. The van der Waals surface area contributed by atoms with E-state index < -0.39 is 5.97 Å². The first-order valence-electron chi connectivity index (χ1n) is 6.24. The van der Waals surface area contributed by atoms with Crippen molar-refractivity contribution in [1.29, 1.82) is 0 Å². The molecule has 2 aromatic heterocycles. The Kier molecular flexibility index (Phi) is 3.51. The number of rotatable bonds is 4. The van der Waals surface area contributed by atoms with Gasteiger partial charge in [-0.2, -0.15) is 16.4 Å². The average Bonchev–Trinajstić information content (AvgIpc) is 3.16. The monoisotopic (exact) mass is 291 g/mol. The van der Waals surface area contributed by atoms with Crippen LogP contribution in [0.3, 0.4) is 0 Å². The first-order chi connectivity index (χ1) is 9.74. The van der Waals surface area contributed by atoms with Crippen LogP contribution < -0.4 is 5.32 Å². The van der Waals surface area contributed by atoms with Crippen LogP contribution in [0.5, 0.6) is 0 Å². The van der Waals surface area contributed by atoms with E-state index in [0.717, 1.165) is 5.56 Å². The number of thiophene rings is 1. The van der Waals surface area contributed by atoms with E-state index in [1.807, 2.05) is 16.8 Å². The Balaban J connectivity index is 1.66. The van der Waals surface area contributed by atoms with E-state index in [2.05, 4.69) is 15.5 Å². The predicted octanol–water partition coefficient (Wildman–Crippen LogP) is 1.43. The van der Waals surface area contributed by atoms with Crippen LogP contribution >= 0.6 is 11.3 Å². The molecule has 3 heterocycles. The Morgan fingerprint density at radius 1 is 1.55 bits per heavy atom. The van der Waals surface area contributed by atoms with Gasteiger partial charge in [0.25, 0.3) is 0 Å². The number of carbonyl (C=O) groups is 2. The summed E-state index contributed by atoms with van der Waals surface area (Å²) in [5, 5.41) is 13.3. The lowest BCUT2D eigenvalue weighted by atomic mass is 10.1. The summed E-state index contributed by atoms with van der Waals surface area (Å²) in [6.07, 6.45) is 1.88. The molecule has 20 heavy (non-hydrogen) atoms. The molecule has 7 heteroatoms. The minimum atomic E-state index is -0.417. The molecule has 0 aliphatic carbocycles. The summed E-state index contributed by atoms with van der Waals surface area (Å²) >= 11 is 1.55. The SMILES string of the molecule is O=C1C[C@@H](COC(=O)c2cn[nH]c2-c2ccsc2)CN1. The van der Waals surface area contributed by atoms with Crippen LogP contribution in [0.1, 0.15) is 16.8 Å². The maximum absolute atomic E-state index is 12.1. The van der Waals surface area contributed by atoms with Crippen molar-refractivity contribution in [2.24, 2.45) is 5.92 Å². The van der Waals surface area contributed by atoms with Crippen molar-refractivity contribution in [2.75, 3.05) is 13.2 Å². The molecule has 1 aliphatic heterocycles. The molecule has 6 nitrogen and oxygen atoms in total. The van der Waals surface area contributed by atoms with Gasteiger partial charge < -0.3 is 10.1 Å². The van der Waals surface area contributed by atoms with Crippen LogP contribution in [0.2, 0.25) is 0 Å². The van der Waals surface area contributed by atoms with Gasteiger partial charge in [0.2, 0.25) is 5.91 Å². The zero-order chi connectivity index (χ0) is 13.9. The summed E-state index contributed by atoms with van der Waals surface area (Å²) in [4.78, 5) is 23.1. The van der Waals surface area contributed by atoms with Gasteiger partial charge in [0.1, 0.15) is 5.56 Å². The van der Waals surface area contributed by atoms with Crippen molar-refractivity contribution in [1.82, 2.24) is 15.5 Å². The number of nitrogens with zero attached hydrogens (tertiary/aromatic N) is 1. The van der Waals surface area contributed by atoms with Gasteiger partial charge in [0.05, 0.1) is 18.5 Å². The zero-order valence-electron chi connectivity index (χ0n) is 10.6. The summed E-state index contributed by atoms with van der Waals surface area (Å²) in [6, 6.07) is 1.91. The van der Waals surface area contributed by atoms with E-state index in [4.69, 9.17) is 4.74 Å². The molecule has 2 N–H and O–H groups in total. The first-order valence-corrected chi connectivity index (χ1v) is 7.18. The average molecular weight is 291 g/mol. The molecule has 0 radical (unpaired) electrons. The van der Waals surface area contributed by atoms with Gasteiger partial charge >= 0.3 is 5.97 Å². The number of hydrogen-bond donors (Lipinski definition) is 2. The molecule has 1 amide bonds. The number of carbonyl (C=O) groups excluding carboxylic acids is 2. The molecule has 1 aliphatic rings. The topological polar surface area (TPSA) is 84.1 Å². The highest BCUT2D eigenvalue weighted by molar-refractivity contribution is 7.08. The van der Waals surface area contributed by atoms with Gasteiger partial charge in [-0.05, 0) is 11.4 Å². The summed E-state index contributed by atoms with van der Waals surface area (Å²) in [5.74, 6) is -0.351. The van der Waals surface area contributed by atoms with E-state index in [9.17, 15) is 9.59 Å². The van der Waals surface area contributed by atoms with Crippen LogP contribution in [0.25, 0.3) is 11.3 Å². The molecular formula is C13H13N3O3S. The first kappa shape index (κ1) is 12.9. The fourth-order valence-corrected chi connectivity index (χ4v) is 2.77. The fraction of sp³-hybridized carbons (Fsp3) is 0.308. The maximum Gasteiger partial charge on any atom is 0.341 e. The molecular weight excluding hydrogens is 278 g/mol. The van der Waals surface area contributed by atoms with Crippen LogP contribution in [-0.2, 0) is 9.53 Å². The molecule has 0 unspecified atom stereocenters. The lowest BCUT2D eigenvalue weighted by Gasteiger charge is -2.08. The quantitative estimate of drug-likeness (QED) is 0.835. The van der Waals surface area contributed by atoms with Crippen molar-refractivity contribution in [3.8, 4) is 11.3 Å². The smallest absolute Gasteiger partial charge is 0.341 e. The van der Waals surface area contributed by atoms with Gasteiger partial charge in [-0.25, -0.2) is 4.79 Å². The zero-order valence-corrected chi connectivity index (χ0v) is 11.4. The van der Waals surface area contributed by atoms with Gasteiger partial charge in [-0.3, -0.25) is 9.89 Å². The summed E-state index contributed by atoms with van der Waals surface area (Å²) in [7, 11) is 0. The molecule has 0 spiro atoms. The van der Waals surface area contributed by atoms with Crippen LogP contribution in [0.4, 0.5) is 0 Å². The van der Waals surface area contributed by atoms with Crippen molar-refractivity contribution in [3.63, 3.8) is 0 Å². The lowest BCUT2D eigenvalue weighted by Crippen LogP contribution is -2.17. The number of aromatic nitrogens is 2. The van der Waals surface area contributed by atoms with Crippen molar-refractivity contribution >= 4 is 23.2 Å². The van der Waals surface area contributed by atoms with Crippen LogP contribution in [-0.4, -0.2) is 35.2 Å². The molecule has 0 saturated carbocycles. The Morgan fingerprint density at radius 3 is 3.15 bits per heavy atom. The third kappa shape index (κ3) is 2.57. The standard InChI is InChI=1S/C13H13N3O3S/c17-11-3-8(4-14-11)6-19-13(18)10-5-15-16-12(10)9-1-2-20-7-9/h1-2,5,7-8H,3-4,6H2,(H,14,17)(H,15,16)/t8-/m1/s1. The van der Waals surface area contributed by atoms with E-state index in [-0.39, 0.29) is 18.4 Å². The number of nitrogens with one attached hydrogen (secondary N) is 2. The molecule has 1 atom stereocenters. The molecule has 0 aromatic carbocycles. The Bertz CT molecular complexity index is 621. The van der Waals surface area contributed by atoms with E-state index in [1.54, 1.807) is 11.3 Å². The summed E-state index contributed by atoms with van der Waals surface area (Å²) in [5.41, 5.74) is 2.00. The Labute approximate surface area is 119 Å². The molecule has 2 aromatic rings. The normalized spacial score (nSPS) is 18.0. The predicted molar refractivity (Wildman–Crippen MR) is 73.3 cm³/mol. The lowest BCUT2D eigenvalue weighted by molar-refractivity contribution is -0.119. The van der Waals surface area contributed by atoms with Crippen molar-refractivity contribution in [3.05, 3.63) is 28.6 Å². The minimum Gasteiger partial charge on any atom is -0.462 e. The second-order valence-corrected chi connectivity index (χ2v) is 5.42. The molecule has 1 fully saturated rings. The Morgan fingerprint density at radius 2 is 2.45 bits per heavy atom. The van der Waals surface area contributed by atoms with E-state index in [0.29, 0.717) is 24.2 Å².